The van der Waals surface area contributed by atoms with Crippen molar-refractivity contribution >= 4 is 11.9 Å². The molecule has 3 N–H and O–H groups in total. The number of aliphatic hydroxyl groups is 2. The van der Waals surface area contributed by atoms with E-state index in [1.54, 1.807) is 6.08 Å². The standard InChI is InChI=1S/C68H131NO5/c1-3-5-7-9-11-13-14-15-35-39-42-46-50-54-58-62-68(73)74-63-59-55-51-47-43-40-37-34-32-30-28-26-24-22-20-18-16-17-19-21-23-25-27-29-31-33-36-38-41-45-49-53-57-61-67(72)69-65(64-70)66(71)60-56-52-48-44-12-10-8-6-4-2/h20,22,56,60,65-66,70-71H,3-19,21,23-55,57-59,61-64H2,1-2H3,(H,69,72)/b22-20-,60-56+. The van der Waals surface area contributed by atoms with Gasteiger partial charge in [0, 0.05) is 12.8 Å². The molecule has 0 bridgehead atoms. The van der Waals surface area contributed by atoms with Crippen LogP contribution in [0.2, 0.25) is 0 Å². The SMILES string of the molecule is CCCCCCCCC/C=C/C(O)C(CO)NC(=O)CCCCCCCCCCCCCCCCCCC/C=C\CCCCCCCCCCCCCCOC(=O)CCCCCCCCCCCCCCCCC. The highest BCUT2D eigenvalue weighted by Gasteiger charge is 2.18. The third kappa shape index (κ3) is 59.6. The minimum absolute atomic E-state index is 0.0217. The van der Waals surface area contributed by atoms with E-state index in [9.17, 15) is 19.8 Å². The van der Waals surface area contributed by atoms with Crippen molar-refractivity contribution in [3.63, 3.8) is 0 Å². The number of amides is 1. The van der Waals surface area contributed by atoms with Crippen LogP contribution < -0.4 is 5.32 Å². The summed E-state index contributed by atoms with van der Waals surface area (Å²) in [5.74, 6) is -0.0446. The highest BCUT2D eigenvalue weighted by Crippen LogP contribution is 2.18. The molecule has 0 aromatic heterocycles. The van der Waals surface area contributed by atoms with Crippen LogP contribution in [0.5, 0.6) is 0 Å². The first-order valence-electron chi connectivity index (χ1n) is 33.6. The van der Waals surface area contributed by atoms with Crippen molar-refractivity contribution in [2.24, 2.45) is 0 Å². The molecular weight excluding hydrogens is 911 g/mol. The summed E-state index contributed by atoms with van der Waals surface area (Å²) in [6.45, 7) is 4.90. The maximum absolute atomic E-state index is 12.4. The maximum atomic E-state index is 12.4. The molecule has 74 heavy (non-hydrogen) atoms. The fourth-order valence-electron chi connectivity index (χ4n) is 10.6. The van der Waals surface area contributed by atoms with E-state index in [4.69, 9.17) is 4.74 Å². The molecule has 0 aromatic rings. The highest BCUT2D eigenvalue weighted by molar-refractivity contribution is 5.76. The van der Waals surface area contributed by atoms with Crippen LogP contribution in [0, 0.1) is 0 Å². The van der Waals surface area contributed by atoms with E-state index < -0.39 is 12.1 Å². The normalized spacial score (nSPS) is 12.6. The summed E-state index contributed by atoms with van der Waals surface area (Å²) in [7, 11) is 0. The molecule has 2 atom stereocenters. The van der Waals surface area contributed by atoms with Crippen molar-refractivity contribution < 1.29 is 24.5 Å². The van der Waals surface area contributed by atoms with E-state index >= 15 is 0 Å². The van der Waals surface area contributed by atoms with Gasteiger partial charge in [0.1, 0.15) is 0 Å². The number of carbonyl (C=O) groups is 2. The first kappa shape index (κ1) is 72.3. The number of nitrogens with one attached hydrogen (secondary N) is 1. The zero-order chi connectivity index (χ0) is 53.6. The average Bonchev–Trinajstić information content (AvgIpc) is 3.40. The lowest BCUT2D eigenvalue weighted by molar-refractivity contribution is -0.143. The number of ether oxygens (including phenoxy) is 1. The van der Waals surface area contributed by atoms with Gasteiger partial charge in [0.2, 0.25) is 5.91 Å². The molecule has 0 radical (unpaired) electrons. The average molecular weight is 1040 g/mol. The zero-order valence-electron chi connectivity index (χ0n) is 50.1. The number of allylic oxidation sites excluding steroid dienone is 3. The first-order valence-corrected chi connectivity index (χ1v) is 33.6. The minimum Gasteiger partial charge on any atom is -0.466 e. The zero-order valence-corrected chi connectivity index (χ0v) is 50.1. The van der Waals surface area contributed by atoms with Gasteiger partial charge >= 0.3 is 5.97 Å². The van der Waals surface area contributed by atoms with Gasteiger partial charge in [-0.1, -0.05) is 327 Å². The predicted octanol–water partition coefficient (Wildman–Crippen LogP) is 21.4. The second kappa shape index (κ2) is 63.9. The van der Waals surface area contributed by atoms with Crippen LogP contribution in [0.4, 0.5) is 0 Å². The molecule has 438 valence electrons. The van der Waals surface area contributed by atoms with Crippen molar-refractivity contribution in [3.8, 4) is 0 Å². The van der Waals surface area contributed by atoms with E-state index in [0.29, 0.717) is 19.4 Å². The monoisotopic (exact) mass is 1040 g/mol. The Balaban J connectivity index is 3.32. The van der Waals surface area contributed by atoms with E-state index in [1.807, 2.05) is 6.08 Å². The molecule has 1 amide bonds. The van der Waals surface area contributed by atoms with Crippen molar-refractivity contribution in [3.05, 3.63) is 24.3 Å². The number of rotatable bonds is 63. The summed E-state index contributed by atoms with van der Waals surface area (Å²) in [5, 5.41) is 23.0. The smallest absolute Gasteiger partial charge is 0.305 e. The van der Waals surface area contributed by atoms with Gasteiger partial charge in [-0.3, -0.25) is 9.59 Å². The fourth-order valence-corrected chi connectivity index (χ4v) is 10.6. The van der Waals surface area contributed by atoms with Gasteiger partial charge in [0.25, 0.3) is 0 Å². The predicted molar refractivity (Wildman–Crippen MR) is 324 cm³/mol. The summed E-state index contributed by atoms with van der Waals surface area (Å²) in [5.41, 5.74) is 0. The second-order valence-electron chi connectivity index (χ2n) is 23.2. The molecule has 0 aromatic carbocycles. The molecule has 0 aliphatic carbocycles. The quantitative estimate of drug-likeness (QED) is 0.0320. The number of hydrogen-bond acceptors (Lipinski definition) is 5. The van der Waals surface area contributed by atoms with Crippen LogP contribution in [0.15, 0.2) is 24.3 Å². The summed E-state index contributed by atoms with van der Waals surface area (Å²) in [4.78, 5) is 24.5. The Hall–Kier alpha value is -1.66. The van der Waals surface area contributed by atoms with Crippen molar-refractivity contribution in [1.29, 1.82) is 0 Å². The largest absolute Gasteiger partial charge is 0.466 e. The van der Waals surface area contributed by atoms with Crippen LogP contribution >= 0.6 is 0 Å². The highest BCUT2D eigenvalue weighted by atomic mass is 16.5. The van der Waals surface area contributed by atoms with Gasteiger partial charge in [0.15, 0.2) is 0 Å². The summed E-state index contributed by atoms with van der Waals surface area (Å²) in [6.07, 6.45) is 79.8. The Bertz CT molecular complexity index is 1150. The van der Waals surface area contributed by atoms with E-state index in [-0.39, 0.29) is 18.5 Å². The molecule has 0 saturated heterocycles. The van der Waals surface area contributed by atoms with Crippen molar-refractivity contribution in [2.45, 2.75) is 386 Å². The van der Waals surface area contributed by atoms with Gasteiger partial charge < -0.3 is 20.3 Å². The molecule has 6 nitrogen and oxygen atoms in total. The molecule has 0 fully saturated rings. The molecule has 0 heterocycles. The molecule has 0 spiro atoms. The lowest BCUT2D eigenvalue weighted by atomic mass is 10.0. The van der Waals surface area contributed by atoms with Gasteiger partial charge in [-0.25, -0.2) is 0 Å². The number of esters is 1. The third-order valence-corrected chi connectivity index (χ3v) is 15.7. The van der Waals surface area contributed by atoms with Crippen LogP contribution in [0.1, 0.15) is 373 Å². The summed E-state index contributed by atoms with van der Waals surface area (Å²) in [6, 6.07) is -0.623. The lowest BCUT2D eigenvalue weighted by Gasteiger charge is -2.20. The molecular formula is C68H131NO5. The van der Waals surface area contributed by atoms with Crippen LogP contribution in [0.25, 0.3) is 0 Å². The molecule has 0 saturated carbocycles. The van der Waals surface area contributed by atoms with Crippen molar-refractivity contribution in [2.75, 3.05) is 13.2 Å². The Kier molecular flexibility index (Phi) is 62.4. The van der Waals surface area contributed by atoms with E-state index in [2.05, 4.69) is 31.3 Å². The van der Waals surface area contributed by atoms with Gasteiger partial charge in [-0.2, -0.15) is 0 Å². The maximum Gasteiger partial charge on any atom is 0.305 e. The van der Waals surface area contributed by atoms with Crippen LogP contribution in [-0.2, 0) is 14.3 Å². The molecule has 0 aliphatic heterocycles. The van der Waals surface area contributed by atoms with Crippen LogP contribution in [-0.4, -0.2) is 47.4 Å². The number of unbranched alkanes of at least 4 members (excludes halogenated alkanes) is 50. The van der Waals surface area contributed by atoms with Gasteiger partial charge in [0.05, 0.1) is 25.4 Å². The second-order valence-corrected chi connectivity index (χ2v) is 23.2. The Morgan fingerprint density at radius 2 is 0.635 bits per heavy atom. The van der Waals surface area contributed by atoms with Gasteiger partial charge in [-0.15, -0.1) is 0 Å². The molecule has 0 aliphatic rings. The number of carbonyl (C=O) groups excluding carboxylic acids is 2. The van der Waals surface area contributed by atoms with E-state index in [1.165, 1.54) is 308 Å². The lowest BCUT2D eigenvalue weighted by Crippen LogP contribution is -2.45. The molecule has 2 unspecified atom stereocenters. The number of aliphatic hydroxyl groups excluding tert-OH is 2. The summed E-state index contributed by atoms with van der Waals surface area (Å²) < 4.78 is 5.50. The Morgan fingerprint density at radius 1 is 0.365 bits per heavy atom. The van der Waals surface area contributed by atoms with Crippen LogP contribution in [0.3, 0.4) is 0 Å². The molecule has 0 rings (SSSR count). The Morgan fingerprint density at radius 3 is 0.959 bits per heavy atom. The molecule has 6 heteroatoms. The summed E-state index contributed by atoms with van der Waals surface area (Å²) >= 11 is 0. The van der Waals surface area contributed by atoms with Crippen molar-refractivity contribution in [1.82, 2.24) is 5.32 Å². The van der Waals surface area contributed by atoms with Gasteiger partial charge in [-0.05, 0) is 57.8 Å². The number of hydrogen-bond donors (Lipinski definition) is 3. The fraction of sp³-hybridized carbons (Fsp3) is 0.912. The topological polar surface area (TPSA) is 95.9 Å². The first-order chi connectivity index (χ1) is 36.5. The van der Waals surface area contributed by atoms with E-state index in [0.717, 1.165) is 38.5 Å². The third-order valence-electron chi connectivity index (χ3n) is 15.7. The Labute approximate surface area is 462 Å². The minimum atomic E-state index is -0.839.